The van der Waals surface area contributed by atoms with Crippen LogP contribution in [0.2, 0.25) is 0 Å². The first-order valence-corrected chi connectivity index (χ1v) is 52.1. The molecular formula is C100H136N13O35S2+. The number of hydrogen-bond acceptors (Lipinski definition) is 42. The Morgan fingerprint density at radius 3 is 1.87 bits per heavy atom. The molecule has 6 aromatic rings. The van der Waals surface area contributed by atoms with Crippen LogP contribution >= 0.6 is 21.6 Å². The van der Waals surface area contributed by atoms with Crippen LogP contribution in [-0.2, 0) is 78.0 Å². The predicted octanol–water partition coefficient (Wildman–Crippen LogP) is -4.36. The van der Waals surface area contributed by atoms with Crippen LogP contribution in [0.25, 0.3) is 22.1 Å². The molecule has 3 aromatic carbocycles. The molecule has 3 fully saturated rings. The van der Waals surface area contributed by atoms with Crippen molar-refractivity contribution in [1.82, 2.24) is 50.7 Å². The van der Waals surface area contributed by atoms with Crippen molar-refractivity contribution in [2.45, 2.75) is 256 Å². The Morgan fingerprint density at radius 2 is 1.27 bits per heavy atom. The number of aliphatic hydroxyl groups is 19. The number of imide groups is 1. The summed E-state index contributed by atoms with van der Waals surface area (Å²) in [6.07, 6.45) is -32.6. The summed E-state index contributed by atoms with van der Waals surface area (Å²) in [6.45, 7) is 5.20. The highest BCUT2D eigenvalue weighted by Gasteiger charge is 2.81. The number of piperidine rings is 1. The number of benzene rings is 3. The molecule has 1 aliphatic carbocycles. The quantitative estimate of drug-likeness (QED) is 0.00428. The number of carboxylic acid groups (broad SMARTS) is 2. The standard InChI is InChI=1S/C100H135N13O35S2/c1-8-97(145)38-50-37-96(5,84-56(23-27-111(40-50)46-97)55-13-10-11-14-60(55)106-84)59-35-58-61(36-70(59)147-7)110(6)92-99(58)25-28-112-26-12-24-98(9-2,91(99)112)93(142)100(92,146)94(143)113(101)95(144)148-29-30-149-150-45-53(90(140)141)33-64(120)73(82(133)79(130)68(124)43-116)109-87(136)57(76(127)77(128)66(122)41-114)34-65(121)74(83(134)80(131)69(125)44-117)108-86(135)47(3)31-63(119)72(81(132)78(129)67(123)42-115)107-71(126)22-20-52(89(138)139)32-62(118)51-18-15-49(16-19-51)17-21-54-39-102-85-75(105-54)88(137)104-48(4)103-85/h10-16,18-19,24,35-36,39,47,50,52-53,57,66-69,72-74,76-83,91-93,101,106,114-117,122-125,127-134,142,145-146H,8-9,17,20-23,25-34,37-38,40-46H2,1-7H3,(H5-,102,103,104,107,108,109,126,135,136,137,138,139,140,141)/p+1/t47-,50+,52-,53+,57+,66-,67-,68-,69-,72-,73-,74-,76-,77-,78-,79-,80-,81-,82-,83-,91+,92-,93-,96-,97+,98-,99-,100+/m1/s1. The van der Waals surface area contributed by atoms with Gasteiger partial charge in [0.2, 0.25) is 23.3 Å². The van der Waals surface area contributed by atoms with E-state index >= 15 is 4.79 Å². The number of methoxy groups -OCH3 is 1. The number of fused-ring (bicyclic) bond motifs is 7. The van der Waals surface area contributed by atoms with E-state index in [9.17, 15) is 166 Å². The highest BCUT2D eigenvalue weighted by Crippen LogP contribution is 2.68. The third kappa shape index (κ3) is 24.4. The Kier molecular flexibility index (Phi) is 39.1. The Bertz CT molecular complexity index is 6030. The zero-order valence-corrected chi connectivity index (χ0v) is 85.4. The molecule has 2 bridgehead atoms. The number of carboxylic acids is 2. The van der Waals surface area contributed by atoms with E-state index in [2.05, 4.69) is 59.1 Å². The van der Waals surface area contributed by atoms with Gasteiger partial charge in [-0.1, -0.05) is 97.0 Å². The molecule has 8 heterocycles. The number of ketones is 4. The number of carbonyl (C=O) groups is 11. The van der Waals surface area contributed by atoms with Gasteiger partial charge in [0.05, 0.1) is 85.6 Å². The number of amides is 5. The van der Waals surface area contributed by atoms with Gasteiger partial charge in [-0.3, -0.25) is 57.7 Å². The average Bonchev–Trinajstić information content (AvgIpc) is 1.47. The molecule has 6 aliphatic rings. The summed E-state index contributed by atoms with van der Waals surface area (Å²) in [7, 11) is 4.74. The molecule has 822 valence electrons. The number of carbonyl (C=O) groups excluding carboxylic acids is 9. The molecule has 48 nitrogen and oxygen atoms in total. The van der Waals surface area contributed by atoms with Crippen molar-refractivity contribution < 1.29 is 174 Å². The van der Waals surface area contributed by atoms with Crippen LogP contribution in [-0.4, -0.2) is 424 Å². The molecule has 50 heteroatoms. The van der Waals surface area contributed by atoms with Gasteiger partial charge < -0.3 is 148 Å². The minimum atomic E-state index is -2.97. The zero-order valence-electron chi connectivity index (χ0n) is 83.7. The summed E-state index contributed by atoms with van der Waals surface area (Å²) >= 11 is 0. The van der Waals surface area contributed by atoms with Gasteiger partial charge in [0.1, 0.15) is 110 Å². The summed E-state index contributed by atoms with van der Waals surface area (Å²) in [5, 5.41) is 239. The van der Waals surface area contributed by atoms with Crippen LogP contribution < -0.4 is 31.1 Å². The number of aromatic nitrogens is 5. The fourth-order valence-corrected chi connectivity index (χ4v) is 24.8. The van der Waals surface area contributed by atoms with Crippen molar-refractivity contribution in [3.05, 3.63) is 134 Å². The number of ether oxygens (including phenoxy) is 2. The molecular weight excluding hydrogens is 2010 g/mol. The first-order chi connectivity index (χ1) is 70.9. The van der Waals surface area contributed by atoms with E-state index in [1.54, 1.807) is 38.1 Å². The van der Waals surface area contributed by atoms with Gasteiger partial charge in [-0.2, -0.15) is 4.79 Å². The third-order valence-electron chi connectivity index (χ3n) is 30.8. The molecule has 27 N–H and O–H groups in total. The molecule has 5 amide bonds. The van der Waals surface area contributed by atoms with E-state index in [0.29, 0.717) is 110 Å². The number of aryl methyl sites for hydroxylation is 3. The van der Waals surface area contributed by atoms with Gasteiger partial charge >= 0.3 is 23.9 Å². The molecule has 0 radical (unpaired) electrons. The number of aliphatic hydroxyl groups excluding tert-OH is 17. The minimum Gasteiger partial charge on any atom is -0.496 e. The van der Waals surface area contributed by atoms with E-state index in [1.165, 1.54) is 18.3 Å². The Balaban J connectivity index is 0.708. The predicted molar refractivity (Wildman–Crippen MR) is 531 cm³/mol. The fraction of sp³-hybridized carbons (Fsp3) is 0.610. The van der Waals surface area contributed by atoms with Gasteiger partial charge in [-0.15, -0.1) is 0 Å². The second kappa shape index (κ2) is 49.6. The third-order valence-corrected chi connectivity index (χ3v) is 33.2. The number of H-pyrrole nitrogens is 2. The topological polar surface area (TPSA) is 791 Å². The van der Waals surface area contributed by atoms with Crippen molar-refractivity contribution in [3.8, 4) is 5.75 Å². The van der Waals surface area contributed by atoms with Crippen LogP contribution in [0.3, 0.4) is 0 Å². The maximum Gasteiger partial charge on any atom is 0.631 e. The van der Waals surface area contributed by atoms with Gasteiger partial charge in [-0.25, -0.2) is 19.7 Å². The first-order valence-electron chi connectivity index (χ1n) is 49.6. The lowest BCUT2D eigenvalue weighted by Gasteiger charge is -2.62. The van der Waals surface area contributed by atoms with Crippen LogP contribution in [0, 0.1) is 47.5 Å². The lowest BCUT2D eigenvalue weighted by molar-refractivity contribution is -0.475. The molecule has 1 saturated carbocycles. The van der Waals surface area contributed by atoms with E-state index < -0.39 is 308 Å². The van der Waals surface area contributed by atoms with Crippen molar-refractivity contribution in [2.24, 2.45) is 35.0 Å². The zero-order chi connectivity index (χ0) is 110. The van der Waals surface area contributed by atoms with Gasteiger partial charge in [-0.05, 0) is 118 Å². The van der Waals surface area contributed by atoms with E-state index in [0.717, 1.165) is 57.5 Å². The molecule has 2 saturated heterocycles. The maximum absolute atomic E-state index is 15.6. The highest BCUT2D eigenvalue weighted by atomic mass is 33.1. The smallest absolute Gasteiger partial charge is 0.496 e. The fourth-order valence-electron chi connectivity index (χ4n) is 22.7. The van der Waals surface area contributed by atoms with Crippen molar-refractivity contribution in [1.29, 1.82) is 5.53 Å². The number of nitrogens with zero attached hydrogens (tertiary/aromatic N) is 7. The largest absolute Gasteiger partial charge is 0.631 e. The number of nitrogens with one attached hydrogen (secondary N) is 6. The van der Waals surface area contributed by atoms with Crippen LogP contribution in [0.15, 0.2) is 83.8 Å². The number of para-hydroxylation sites is 1. The summed E-state index contributed by atoms with van der Waals surface area (Å²) in [5.74, 6) is -23.2. The molecule has 150 heavy (non-hydrogen) atoms. The summed E-state index contributed by atoms with van der Waals surface area (Å²) < 4.78 is 11.7. The van der Waals surface area contributed by atoms with Crippen molar-refractivity contribution in [3.63, 3.8) is 0 Å². The summed E-state index contributed by atoms with van der Waals surface area (Å²) in [4.78, 5) is 194. The van der Waals surface area contributed by atoms with Crippen LogP contribution in [0.4, 0.5) is 10.5 Å². The lowest BCUT2D eigenvalue weighted by Crippen LogP contribution is -2.81. The van der Waals surface area contributed by atoms with Crippen molar-refractivity contribution >= 4 is 114 Å². The summed E-state index contributed by atoms with van der Waals surface area (Å²) in [5.41, 5.74) is 7.86. The number of rotatable bonds is 52. The summed E-state index contributed by atoms with van der Waals surface area (Å²) in [6, 6.07) is 8.31. The number of hydrogen-bond donors (Lipinski definition) is 27. The number of aromatic amines is 2. The lowest BCUT2D eigenvalue weighted by atomic mass is 9.47. The monoisotopic (exact) mass is 2140 g/mol. The Morgan fingerprint density at radius 1 is 0.673 bits per heavy atom. The number of aliphatic carboxylic acids is 2. The first kappa shape index (κ1) is 118. The van der Waals surface area contributed by atoms with E-state index in [1.807, 2.05) is 60.9 Å². The highest BCUT2D eigenvalue weighted by molar-refractivity contribution is 8.76. The molecule has 12 rings (SSSR count). The Labute approximate surface area is 867 Å². The minimum absolute atomic E-state index is 0.00989. The normalized spacial score (nSPS) is 25.7. The second-order valence-electron chi connectivity index (χ2n) is 40.5. The van der Waals surface area contributed by atoms with Crippen LogP contribution in [0.1, 0.15) is 148 Å². The van der Waals surface area contributed by atoms with Gasteiger partial charge in [0.15, 0.2) is 34.3 Å². The number of anilines is 1. The second-order valence-corrected chi connectivity index (χ2v) is 43.1. The molecule has 1 spiro atoms. The molecule has 1 unspecified atom stereocenters. The van der Waals surface area contributed by atoms with Crippen LogP contribution in [0.5, 0.6) is 5.75 Å². The number of likely N-dealkylation sites (N-methyl/N-ethyl adjacent to an activating group) is 1. The van der Waals surface area contributed by atoms with Gasteiger partial charge in [0.25, 0.3) is 5.56 Å². The van der Waals surface area contributed by atoms with Crippen molar-refractivity contribution in [2.75, 3.05) is 96.3 Å². The molecule has 29 atom stereocenters. The SMILES string of the molecule is CC[C@]1(O)C[C@H]2CN(CCc3c([nH]c4ccccc34)[C@@](C)(c3cc4c(cc3OC)N(C)[C@H]3[C@@](O)(C(=O)[N+](=N)C(=O)OCCSSC[C@H](CC(=O)[C@@H](NC(=O)[C@@H](CC(=O)[C@@H](NC(=O)[C@H](C)CC(=O)[C@@H](NC(=O)CC[C@H](CC(=O)c5ccc(CCc6cnc7nc(C)[nH]c(=O)c7n6)cc5)C(=O)O)[C@@H](O)[C@H](O)[C@H](O)CO)[C@@H](O)[C@H](O)[C@H](O)CO)[C@@H](O)[C@H](O)[C@H](O)CO)[C@@H](O)[C@H](O)[C@H](O)CO)C(=O)O)[C@H](O)[C@]5(CC)C=CCN6CC[C@]43[C@@H]65)C2)C1. The number of Topliss-reactive ketones (excluding diaryl/α,β-unsaturated/α-hetero) is 4. The Hall–Kier alpha value is -10.6. The van der Waals surface area contributed by atoms with E-state index in [-0.39, 0.29) is 39.5 Å². The molecule has 3 aromatic heterocycles. The van der Waals surface area contributed by atoms with Gasteiger partial charge in [0, 0.05) is 145 Å². The molecule has 5 aliphatic heterocycles. The van der Waals surface area contributed by atoms with E-state index in [4.69, 9.17) is 9.47 Å². The average molecular weight is 2140 g/mol. The maximum atomic E-state index is 15.6.